The van der Waals surface area contributed by atoms with E-state index in [1.54, 1.807) is 0 Å². The molecule has 17 heavy (non-hydrogen) atoms. The summed E-state index contributed by atoms with van der Waals surface area (Å²) in [6, 6.07) is 1.31. The quantitative estimate of drug-likeness (QED) is 0.864. The van der Waals surface area contributed by atoms with Gasteiger partial charge < -0.3 is 14.8 Å². The highest BCUT2D eigenvalue weighted by Gasteiger charge is 2.29. The molecule has 0 amide bonds. The van der Waals surface area contributed by atoms with Crippen LogP contribution in [-0.4, -0.2) is 35.7 Å². The summed E-state index contributed by atoms with van der Waals surface area (Å²) in [6.07, 6.45) is 7.40. The van der Waals surface area contributed by atoms with Gasteiger partial charge in [-0.3, -0.25) is 0 Å². The average molecular weight is 234 g/mol. The van der Waals surface area contributed by atoms with Crippen molar-refractivity contribution >= 4 is 5.95 Å². The van der Waals surface area contributed by atoms with E-state index in [4.69, 9.17) is 4.98 Å². The average Bonchev–Trinajstić information content (AvgIpc) is 3.13. The number of aromatic nitrogens is 2. The molecule has 1 aliphatic carbocycles. The lowest BCUT2D eigenvalue weighted by atomic mass is 10.1. The van der Waals surface area contributed by atoms with E-state index in [-0.39, 0.29) is 0 Å². The number of hydrogen-bond acceptors (Lipinski definition) is 3. The minimum absolute atomic E-state index is 0.600. The molecule has 1 aromatic rings. The number of likely N-dealkylation sites (N-methyl/N-ethyl adjacent to an activating group) is 1. The van der Waals surface area contributed by atoms with Crippen LogP contribution in [0.15, 0.2) is 6.20 Å². The van der Waals surface area contributed by atoms with Gasteiger partial charge in [-0.1, -0.05) is 0 Å². The summed E-state index contributed by atoms with van der Waals surface area (Å²) in [6.45, 7) is 4.35. The molecule has 0 bridgehead atoms. The van der Waals surface area contributed by atoms with Gasteiger partial charge in [0, 0.05) is 31.9 Å². The minimum atomic E-state index is 0.600. The molecular formula is C13H22N4. The molecular weight excluding hydrogens is 212 g/mol. The fourth-order valence-corrected chi connectivity index (χ4v) is 2.71. The van der Waals surface area contributed by atoms with Gasteiger partial charge in [-0.05, 0) is 39.2 Å². The van der Waals surface area contributed by atoms with Crippen molar-refractivity contribution in [3.05, 3.63) is 11.9 Å². The Hall–Kier alpha value is -1.03. The molecule has 3 rings (SSSR count). The van der Waals surface area contributed by atoms with Gasteiger partial charge in [-0.25, -0.2) is 4.98 Å². The van der Waals surface area contributed by atoms with Gasteiger partial charge in [-0.2, -0.15) is 0 Å². The summed E-state index contributed by atoms with van der Waals surface area (Å²) >= 11 is 0. The lowest BCUT2D eigenvalue weighted by Gasteiger charge is -2.32. The molecule has 4 heteroatoms. The minimum Gasteiger partial charge on any atom is -0.341 e. The van der Waals surface area contributed by atoms with Crippen LogP contribution in [0.3, 0.4) is 0 Å². The largest absolute Gasteiger partial charge is 0.341 e. The normalized spacial score (nSPS) is 24.9. The van der Waals surface area contributed by atoms with Crippen LogP contribution in [-0.2, 0) is 0 Å². The predicted octanol–water partition coefficient (Wildman–Crippen LogP) is 1.71. The van der Waals surface area contributed by atoms with E-state index in [0.717, 1.165) is 12.2 Å². The highest BCUT2D eigenvalue weighted by molar-refractivity contribution is 5.35. The number of hydrogen-bond donors (Lipinski definition) is 1. The highest BCUT2D eigenvalue weighted by Crippen LogP contribution is 2.38. The first-order chi connectivity index (χ1) is 8.25. The Kier molecular flexibility index (Phi) is 2.82. The van der Waals surface area contributed by atoms with Crippen molar-refractivity contribution in [1.29, 1.82) is 0 Å². The molecule has 94 valence electrons. The number of rotatable bonds is 3. The maximum Gasteiger partial charge on any atom is 0.206 e. The van der Waals surface area contributed by atoms with Gasteiger partial charge in [-0.15, -0.1) is 0 Å². The third-order valence-corrected chi connectivity index (χ3v) is 3.91. The summed E-state index contributed by atoms with van der Waals surface area (Å²) in [4.78, 5) is 7.08. The monoisotopic (exact) mass is 234 g/mol. The SMILES string of the molecule is Cc1cn(C2CC2)c(N(C)C2CCCNC2)n1. The number of nitrogens with one attached hydrogen (secondary N) is 1. The van der Waals surface area contributed by atoms with Crippen LogP contribution in [0, 0.1) is 6.92 Å². The first-order valence-corrected chi connectivity index (χ1v) is 6.75. The zero-order valence-corrected chi connectivity index (χ0v) is 10.8. The van der Waals surface area contributed by atoms with Crippen molar-refractivity contribution in [3.8, 4) is 0 Å². The molecule has 2 heterocycles. The fraction of sp³-hybridized carbons (Fsp3) is 0.769. The van der Waals surface area contributed by atoms with E-state index in [0.29, 0.717) is 12.1 Å². The van der Waals surface area contributed by atoms with Crippen molar-refractivity contribution in [3.63, 3.8) is 0 Å². The summed E-state index contributed by atoms with van der Waals surface area (Å²) in [5, 5.41) is 3.48. The Balaban J connectivity index is 1.81. The number of anilines is 1. The Labute approximate surface area is 103 Å². The van der Waals surface area contributed by atoms with Crippen molar-refractivity contribution < 1.29 is 0 Å². The first kappa shape index (κ1) is 11.1. The summed E-state index contributed by atoms with van der Waals surface area (Å²) in [7, 11) is 2.19. The van der Waals surface area contributed by atoms with E-state index in [9.17, 15) is 0 Å². The van der Waals surface area contributed by atoms with E-state index in [1.807, 2.05) is 0 Å². The third kappa shape index (κ3) is 2.18. The maximum absolute atomic E-state index is 4.71. The number of aryl methyl sites for hydroxylation is 1. The Morgan fingerprint density at radius 2 is 2.24 bits per heavy atom. The lowest BCUT2D eigenvalue weighted by molar-refractivity contribution is 0.438. The van der Waals surface area contributed by atoms with Crippen molar-refractivity contribution in [2.75, 3.05) is 25.0 Å². The summed E-state index contributed by atoms with van der Waals surface area (Å²) in [5.74, 6) is 1.17. The van der Waals surface area contributed by atoms with Gasteiger partial charge in [0.25, 0.3) is 0 Å². The predicted molar refractivity (Wildman–Crippen MR) is 69.5 cm³/mol. The molecule has 1 atom stereocenters. The highest BCUT2D eigenvalue weighted by atomic mass is 15.3. The van der Waals surface area contributed by atoms with Crippen molar-refractivity contribution in [2.24, 2.45) is 0 Å². The van der Waals surface area contributed by atoms with Crippen LogP contribution in [0.1, 0.15) is 37.4 Å². The fourth-order valence-electron chi connectivity index (χ4n) is 2.71. The molecule has 2 aliphatic rings. The molecule has 0 aromatic carbocycles. The standard InChI is InChI=1S/C13H22N4/c1-10-9-17(11-5-6-11)13(15-10)16(2)12-4-3-7-14-8-12/h9,11-12,14H,3-8H2,1-2H3. The van der Waals surface area contributed by atoms with Crippen LogP contribution in [0.5, 0.6) is 0 Å². The molecule has 1 saturated heterocycles. The second kappa shape index (κ2) is 4.33. The first-order valence-electron chi connectivity index (χ1n) is 6.75. The zero-order chi connectivity index (χ0) is 11.8. The van der Waals surface area contributed by atoms with Crippen LogP contribution in [0.4, 0.5) is 5.95 Å². The molecule has 2 fully saturated rings. The molecule has 0 radical (unpaired) electrons. The second-order valence-electron chi connectivity index (χ2n) is 5.43. The van der Waals surface area contributed by atoms with E-state index >= 15 is 0 Å². The lowest BCUT2D eigenvalue weighted by Crippen LogP contribution is -2.45. The Morgan fingerprint density at radius 1 is 1.41 bits per heavy atom. The smallest absolute Gasteiger partial charge is 0.206 e. The van der Waals surface area contributed by atoms with Crippen molar-refractivity contribution in [2.45, 2.75) is 44.7 Å². The molecule has 1 aliphatic heterocycles. The Bertz CT molecular complexity index is 388. The number of piperidine rings is 1. The maximum atomic E-state index is 4.71. The third-order valence-electron chi connectivity index (χ3n) is 3.91. The molecule has 0 spiro atoms. The van der Waals surface area contributed by atoms with E-state index in [1.165, 1.54) is 38.2 Å². The molecule has 1 unspecified atom stereocenters. The molecule has 1 saturated carbocycles. The van der Waals surface area contributed by atoms with Crippen LogP contribution in [0.2, 0.25) is 0 Å². The number of imidazole rings is 1. The van der Waals surface area contributed by atoms with E-state index in [2.05, 4.69) is 35.0 Å². The summed E-state index contributed by atoms with van der Waals surface area (Å²) < 4.78 is 2.38. The molecule has 4 nitrogen and oxygen atoms in total. The van der Waals surface area contributed by atoms with Gasteiger partial charge in [0.2, 0.25) is 5.95 Å². The van der Waals surface area contributed by atoms with Crippen LogP contribution in [0.25, 0.3) is 0 Å². The van der Waals surface area contributed by atoms with Gasteiger partial charge in [0.15, 0.2) is 0 Å². The van der Waals surface area contributed by atoms with Gasteiger partial charge in [0.05, 0.1) is 5.69 Å². The molecule has 1 N–H and O–H groups in total. The summed E-state index contributed by atoms with van der Waals surface area (Å²) in [5.41, 5.74) is 1.14. The van der Waals surface area contributed by atoms with Gasteiger partial charge in [0.1, 0.15) is 0 Å². The Morgan fingerprint density at radius 3 is 2.88 bits per heavy atom. The molecule has 1 aromatic heterocycles. The second-order valence-corrected chi connectivity index (χ2v) is 5.43. The zero-order valence-electron chi connectivity index (χ0n) is 10.8. The van der Waals surface area contributed by atoms with Crippen LogP contribution < -0.4 is 10.2 Å². The van der Waals surface area contributed by atoms with Crippen LogP contribution >= 0.6 is 0 Å². The number of nitrogens with zero attached hydrogens (tertiary/aromatic N) is 3. The van der Waals surface area contributed by atoms with E-state index < -0.39 is 0 Å². The topological polar surface area (TPSA) is 33.1 Å². The van der Waals surface area contributed by atoms with Gasteiger partial charge >= 0.3 is 0 Å². The van der Waals surface area contributed by atoms with Crippen molar-refractivity contribution in [1.82, 2.24) is 14.9 Å².